The van der Waals surface area contributed by atoms with Gasteiger partial charge in [-0.05, 0) is 24.6 Å². The zero-order chi connectivity index (χ0) is 13.8. The molecule has 0 radical (unpaired) electrons. The van der Waals surface area contributed by atoms with Crippen molar-refractivity contribution in [3.05, 3.63) is 29.8 Å². The van der Waals surface area contributed by atoms with Crippen LogP contribution in [0.1, 0.15) is 18.6 Å². The molecule has 0 aromatic heterocycles. The Balaban J connectivity index is 2.91. The minimum Gasteiger partial charge on any atom is -0.389 e. The summed E-state index contributed by atoms with van der Waals surface area (Å²) < 4.78 is 30.4. The van der Waals surface area contributed by atoms with E-state index in [0.29, 0.717) is 18.7 Å². The van der Waals surface area contributed by atoms with E-state index in [1.807, 2.05) is 0 Å². The molecule has 102 valence electrons. The Morgan fingerprint density at radius 2 is 1.89 bits per heavy atom. The van der Waals surface area contributed by atoms with Crippen LogP contribution in [0.2, 0.25) is 0 Å². The van der Waals surface area contributed by atoms with Crippen LogP contribution in [-0.2, 0) is 14.8 Å². The SMILES string of the molecule is COCCN(C)S(=O)(=O)c1ccc(C(C)O)cc1. The fourth-order valence-electron chi connectivity index (χ4n) is 1.44. The maximum atomic E-state index is 12.1. The second-order valence-corrected chi connectivity index (χ2v) is 6.11. The van der Waals surface area contributed by atoms with Crippen molar-refractivity contribution in [3.8, 4) is 0 Å². The monoisotopic (exact) mass is 273 g/mol. The third kappa shape index (κ3) is 3.52. The number of aliphatic hydroxyl groups is 1. The summed E-state index contributed by atoms with van der Waals surface area (Å²) in [6.45, 7) is 2.28. The van der Waals surface area contributed by atoms with Crippen LogP contribution in [0.25, 0.3) is 0 Å². The third-order valence-electron chi connectivity index (χ3n) is 2.68. The Kier molecular flexibility index (Phi) is 5.28. The predicted octanol–water partition coefficient (Wildman–Crippen LogP) is 1.01. The Morgan fingerprint density at radius 1 is 1.33 bits per heavy atom. The van der Waals surface area contributed by atoms with E-state index < -0.39 is 16.1 Å². The van der Waals surface area contributed by atoms with Crippen molar-refractivity contribution in [2.75, 3.05) is 27.3 Å². The molecule has 1 aromatic rings. The van der Waals surface area contributed by atoms with Crippen molar-refractivity contribution < 1.29 is 18.3 Å². The lowest BCUT2D eigenvalue weighted by Crippen LogP contribution is -2.30. The van der Waals surface area contributed by atoms with Crippen LogP contribution in [0.4, 0.5) is 0 Å². The predicted molar refractivity (Wildman–Crippen MR) is 68.8 cm³/mol. The number of nitrogens with zero attached hydrogens (tertiary/aromatic N) is 1. The lowest BCUT2D eigenvalue weighted by molar-refractivity contribution is 0.185. The van der Waals surface area contributed by atoms with Gasteiger partial charge in [-0.25, -0.2) is 8.42 Å². The van der Waals surface area contributed by atoms with Gasteiger partial charge in [-0.2, -0.15) is 4.31 Å². The fraction of sp³-hybridized carbons (Fsp3) is 0.500. The summed E-state index contributed by atoms with van der Waals surface area (Å²) >= 11 is 0. The largest absolute Gasteiger partial charge is 0.389 e. The molecular formula is C12H19NO4S. The van der Waals surface area contributed by atoms with Crippen molar-refractivity contribution in [2.45, 2.75) is 17.9 Å². The van der Waals surface area contributed by atoms with Gasteiger partial charge in [0.2, 0.25) is 10.0 Å². The van der Waals surface area contributed by atoms with E-state index in [1.54, 1.807) is 19.1 Å². The van der Waals surface area contributed by atoms with Crippen LogP contribution < -0.4 is 0 Å². The lowest BCUT2D eigenvalue weighted by Gasteiger charge is -2.17. The van der Waals surface area contributed by atoms with Gasteiger partial charge < -0.3 is 9.84 Å². The molecule has 0 bridgehead atoms. The van der Waals surface area contributed by atoms with Gasteiger partial charge in [-0.3, -0.25) is 0 Å². The molecule has 1 unspecified atom stereocenters. The second kappa shape index (κ2) is 6.29. The van der Waals surface area contributed by atoms with Gasteiger partial charge in [0.05, 0.1) is 17.6 Å². The maximum Gasteiger partial charge on any atom is 0.242 e. The molecule has 0 fully saturated rings. The zero-order valence-corrected chi connectivity index (χ0v) is 11.6. The topological polar surface area (TPSA) is 66.8 Å². The first-order valence-corrected chi connectivity index (χ1v) is 7.07. The highest BCUT2D eigenvalue weighted by atomic mass is 32.2. The first kappa shape index (κ1) is 15.1. The van der Waals surface area contributed by atoms with E-state index in [2.05, 4.69) is 0 Å². The summed E-state index contributed by atoms with van der Waals surface area (Å²) in [5, 5.41) is 9.37. The van der Waals surface area contributed by atoms with E-state index in [1.165, 1.54) is 30.6 Å². The highest BCUT2D eigenvalue weighted by Crippen LogP contribution is 2.18. The van der Waals surface area contributed by atoms with Crippen molar-refractivity contribution in [2.24, 2.45) is 0 Å². The van der Waals surface area contributed by atoms with Crippen LogP contribution in [0.15, 0.2) is 29.2 Å². The fourth-order valence-corrected chi connectivity index (χ4v) is 2.59. The van der Waals surface area contributed by atoms with Gasteiger partial charge in [0, 0.05) is 20.7 Å². The first-order chi connectivity index (χ1) is 8.39. The molecule has 0 saturated carbocycles. The van der Waals surface area contributed by atoms with Gasteiger partial charge in [0.25, 0.3) is 0 Å². The molecule has 1 N–H and O–H groups in total. The van der Waals surface area contributed by atoms with Crippen molar-refractivity contribution >= 4 is 10.0 Å². The number of sulfonamides is 1. The highest BCUT2D eigenvalue weighted by Gasteiger charge is 2.20. The third-order valence-corrected chi connectivity index (χ3v) is 4.55. The molecule has 18 heavy (non-hydrogen) atoms. The molecular weight excluding hydrogens is 254 g/mol. The molecule has 1 atom stereocenters. The Hall–Kier alpha value is -0.950. The van der Waals surface area contributed by atoms with Gasteiger partial charge in [0.15, 0.2) is 0 Å². The van der Waals surface area contributed by atoms with E-state index in [9.17, 15) is 13.5 Å². The van der Waals surface area contributed by atoms with Crippen molar-refractivity contribution in [3.63, 3.8) is 0 Å². The molecule has 0 amide bonds. The van der Waals surface area contributed by atoms with E-state index >= 15 is 0 Å². The molecule has 0 spiro atoms. The van der Waals surface area contributed by atoms with E-state index in [-0.39, 0.29) is 4.90 Å². The van der Waals surface area contributed by atoms with Crippen LogP contribution in [0.5, 0.6) is 0 Å². The van der Waals surface area contributed by atoms with Crippen LogP contribution in [-0.4, -0.2) is 45.1 Å². The summed E-state index contributed by atoms with van der Waals surface area (Å²) in [6, 6.07) is 6.23. The number of ether oxygens (including phenoxy) is 1. The minimum atomic E-state index is -3.48. The second-order valence-electron chi connectivity index (χ2n) is 4.06. The summed E-state index contributed by atoms with van der Waals surface area (Å²) in [6.07, 6.45) is -0.604. The number of benzene rings is 1. The Labute approximate surface area is 108 Å². The number of rotatable bonds is 6. The quantitative estimate of drug-likeness (QED) is 0.840. The zero-order valence-electron chi connectivity index (χ0n) is 10.8. The van der Waals surface area contributed by atoms with Crippen molar-refractivity contribution in [1.82, 2.24) is 4.31 Å². The molecule has 0 aliphatic rings. The van der Waals surface area contributed by atoms with Crippen LogP contribution in [0.3, 0.4) is 0 Å². The lowest BCUT2D eigenvalue weighted by atomic mass is 10.1. The minimum absolute atomic E-state index is 0.213. The van der Waals surface area contributed by atoms with Crippen LogP contribution >= 0.6 is 0 Å². The molecule has 1 aromatic carbocycles. The summed E-state index contributed by atoms with van der Waals surface area (Å²) in [7, 11) is -0.445. The summed E-state index contributed by atoms with van der Waals surface area (Å²) in [4.78, 5) is 0.213. The Morgan fingerprint density at radius 3 is 2.33 bits per heavy atom. The number of hydrogen-bond donors (Lipinski definition) is 1. The molecule has 0 aliphatic carbocycles. The molecule has 0 heterocycles. The molecule has 5 nitrogen and oxygen atoms in total. The van der Waals surface area contributed by atoms with Gasteiger partial charge in [0.1, 0.15) is 0 Å². The Bertz CT molecular complexity index is 467. The smallest absolute Gasteiger partial charge is 0.242 e. The molecule has 6 heteroatoms. The number of hydrogen-bond acceptors (Lipinski definition) is 4. The van der Waals surface area contributed by atoms with Gasteiger partial charge >= 0.3 is 0 Å². The summed E-state index contributed by atoms with van der Waals surface area (Å²) in [5.74, 6) is 0. The van der Waals surface area contributed by atoms with Crippen molar-refractivity contribution in [1.29, 1.82) is 0 Å². The number of aliphatic hydroxyl groups excluding tert-OH is 1. The first-order valence-electron chi connectivity index (χ1n) is 5.63. The number of methoxy groups -OCH3 is 1. The molecule has 0 aliphatic heterocycles. The molecule has 0 saturated heterocycles. The molecule has 1 rings (SSSR count). The maximum absolute atomic E-state index is 12.1. The van der Waals surface area contributed by atoms with Gasteiger partial charge in [-0.1, -0.05) is 12.1 Å². The van der Waals surface area contributed by atoms with Crippen LogP contribution in [0, 0.1) is 0 Å². The van der Waals surface area contributed by atoms with E-state index in [4.69, 9.17) is 4.74 Å². The standard InChI is InChI=1S/C12H19NO4S/c1-10(14)11-4-6-12(7-5-11)18(15,16)13(2)8-9-17-3/h4-7,10,14H,8-9H2,1-3H3. The number of likely N-dealkylation sites (N-methyl/N-ethyl adjacent to an activating group) is 1. The normalized spacial score (nSPS) is 13.8. The average Bonchev–Trinajstić information content (AvgIpc) is 2.35. The average molecular weight is 273 g/mol. The van der Waals surface area contributed by atoms with E-state index in [0.717, 1.165) is 0 Å². The highest BCUT2D eigenvalue weighted by molar-refractivity contribution is 7.89. The summed E-state index contributed by atoms with van der Waals surface area (Å²) in [5.41, 5.74) is 0.688. The van der Waals surface area contributed by atoms with Gasteiger partial charge in [-0.15, -0.1) is 0 Å².